The first-order chi connectivity index (χ1) is 13.0. The van der Waals surface area contributed by atoms with Gasteiger partial charge in [-0.05, 0) is 38.1 Å². The number of hydrogen-bond donors (Lipinski definition) is 1. The van der Waals surface area contributed by atoms with Crippen LogP contribution < -0.4 is 19.5 Å². The van der Waals surface area contributed by atoms with Crippen LogP contribution in [0.4, 0.5) is 0 Å². The van der Waals surface area contributed by atoms with E-state index in [1.54, 1.807) is 32.4 Å². The number of fused-ring (bicyclic) bond motifs is 1. The van der Waals surface area contributed by atoms with Gasteiger partial charge in [0.05, 0.1) is 26.9 Å². The minimum atomic E-state index is -0.323. The molecule has 0 radical (unpaired) electrons. The molecule has 3 rings (SSSR count). The Hall–Kier alpha value is -3.15. The normalized spacial score (nSPS) is 11.9. The molecule has 0 saturated carbocycles. The molecule has 0 bridgehead atoms. The van der Waals surface area contributed by atoms with Crippen molar-refractivity contribution in [2.45, 2.75) is 19.9 Å². The lowest BCUT2D eigenvalue weighted by atomic mass is 10.1. The van der Waals surface area contributed by atoms with E-state index in [9.17, 15) is 4.79 Å². The fraction of sp³-hybridized carbons (Fsp3) is 0.286. The van der Waals surface area contributed by atoms with Crippen molar-refractivity contribution in [2.75, 3.05) is 20.8 Å². The highest BCUT2D eigenvalue weighted by atomic mass is 16.5. The summed E-state index contributed by atoms with van der Waals surface area (Å²) in [5.41, 5.74) is 1.13. The van der Waals surface area contributed by atoms with Crippen LogP contribution in [0.15, 0.2) is 46.9 Å². The van der Waals surface area contributed by atoms with E-state index in [1.807, 2.05) is 38.1 Å². The minimum Gasteiger partial charge on any atom is -0.497 e. The molecular formula is C21H23NO5. The quantitative estimate of drug-likeness (QED) is 0.671. The average Bonchev–Trinajstić information content (AvgIpc) is 3.13. The van der Waals surface area contributed by atoms with Crippen molar-refractivity contribution in [1.82, 2.24) is 5.32 Å². The third-order valence-corrected chi connectivity index (χ3v) is 4.21. The summed E-state index contributed by atoms with van der Waals surface area (Å²) in [4.78, 5) is 12.7. The van der Waals surface area contributed by atoms with Gasteiger partial charge in [0.2, 0.25) is 0 Å². The topological polar surface area (TPSA) is 69.9 Å². The van der Waals surface area contributed by atoms with Gasteiger partial charge in [-0.15, -0.1) is 0 Å². The van der Waals surface area contributed by atoms with Crippen molar-refractivity contribution < 1.29 is 23.4 Å². The van der Waals surface area contributed by atoms with Crippen molar-refractivity contribution in [3.8, 4) is 17.2 Å². The van der Waals surface area contributed by atoms with Gasteiger partial charge in [0.15, 0.2) is 11.3 Å². The zero-order valence-corrected chi connectivity index (χ0v) is 15.9. The molecule has 0 aliphatic rings. The SMILES string of the molecule is CCOc1cccc2cc(C(C)NC(=O)c3cc(OC)cc(OC)c3)oc12. The Bertz CT molecular complexity index is 925. The molecule has 1 aromatic heterocycles. The monoisotopic (exact) mass is 369 g/mol. The Morgan fingerprint density at radius 1 is 1.11 bits per heavy atom. The number of carbonyl (C=O) groups excluding carboxylic acids is 1. The van der Waals surface area contributed by atoms with Crippen LogP contribution in [0.3, 0.4) is 0 Å². The van der Waals surface area contributed by atoms with E-state index >= 15 is 0 Å². The molecule has 1 amide bonds. The summed E-state index contributed by atoms with van der Waals surface area (Å²) in [5.74, 6) is 2.21. The van der Waals surface area contributed by atoms with Gasteiger partial charge in [-0.3, -0.25) is 4.79 Å². The fourth-order valence-electron chi connectivity index (χ4n) is 2.83. The maximum Gasteiger partial charge on any atom is 0.252 e. The van der Waals surface area contributed by atoms with Crippen molar-refractivity contribution in [2.24, 2.45) is 0 Å². The number of hydrogen-bond acceptors (Lipinski definition) is 5. The summed E-state index contributed by atoms with van der Waals surface area (Å²) in [5, 5.41) is 3.87. The van der Waals surface area contributed by atoms with Crippen molar-refractivity contribution in [3.05, 3.63) is 53.8 Å². The number of rotatable bonds is 7. The van der Waals surface area contributed by atoms with E-state index in [-0.39, 0.29) is 11.9 Å². The number of furan rings is 1. The fourth-order valence-corrected chi connectivity index (χ4v) is 2.83. The third kappa shape index (κ3) is 4.00. The average molecular weight is 369 g/mol. The van der Waals surface area contributed by atoms with Gasteiger partial charge in [-0.1, -0.05) is 12.1 Å². The third-order valence-electron chi connectivity index (χ3n) is 4.21. The molecule has 142 valence electrons. The van der Waals surface area contributed by atoms with Gasteiger partial charge in [0.1, 0.15) is 17.3 Å². The first kappa shape index (κ1) is 18.6. The Morgan fingerprint density at radius 3 is 2.44 bits per heavy atom. The first-order valence-electron chi connectivity index (χ1n) is 8.75. The zero-order valence-electron chi connectivity index (χ0n) is 15.9. The molecule has 0 aliphatic carbocycles. The molecule has 0 spiro atoms. The molecule has 6 nitrogen and oxygen atoms in total. The molecule has 0 saturated heterocycles. The number of ether oxygens (including phenoxy) is 3. The summed E-state index contributed by atoms with van der Waals surface area (Å²) in [6, 6.07) is 12.4. The largest absolute Gasteiger partial charge is 0.497 e. The van der Waals surface area contributed by atoms with Crippen molar-refractivity contribution >= 4 is 16.9 Å². The lowest BCUT2D eigenvalue weighted by molar-refractivity contribution is 0.0935. The Kier molecular flexibility index (Phi) is 5.54. The van der Waals surface area contributed by atoms with Gasteiger partial charge in [0, 0.05) is 17.0 Å². The molecular weight excluding hydrogens is 346 g/mol. The van der Waals surface area contributed by atoms with Crippen LogP contribution in [-0.4, -0.2) is 26.7 Å². The van der Waals surface area contributed by atoms with Gasteiger partial charge in [-0.25, -0.2) is 0 Å². The van der Waals surface area contributed by atoms with Gasteiger partial charge < -0.3 is 23.9 Å². The highest BCUT2D eigenvalue weighted by molar-refractivity contribution is 5.95. The molecule has 1 atom stereocenters. The van der Waals surface area contributed by atoms with Crippen LogP contribution in [0.1, 0.15) is 36.0 Å². The van der Waals surface area contributed by atoms with E-state index < -0.39 is 0 Å². The molecule has 1 N–H and O–H groups in total. The maximum atomic E-state index is 12.7. The van der Waals surface area contributed by atoms with Crippen LogP contribution >= 0.6 is 0 Å². The minimum absolute atomic E-state index is 0.245. The molecule has 27 heavy (non-hydrogen) atoms. The molecule has 1 heterocycles. The molecule has 0 aliphatic heterocycles. The van der Waals surface area contributed by atoms with E-state index in [2.05, 4.69) is 5.32 Å². The predicted octanol–water partition coefficient (Wildman–Crippen LogP) is 4.34. The summed E-state index contributed by atoms with van der Waals surface area (Å²) >= 11 is 0. The standard InChI is InChI=1S/C21H23NO5/c1-5-26-18-8-6-7-14-11-19(27-20(14)18)13(2)22-21(23)15-9-16(24-3)12-17(10-15)25-4/h6-13H,5H2,1-4H3,(H,22,23). The number of amides is 1. The van der Waals surface area contributed by atoms with Crippen LogP contribution in [0.2, 0.25) is 0 Å². The molecule has 3 aromatic rings. The number of benzene rings is 2. The Balaban J connectivity index is 1.83. The van der Waals surface area contributed by atoms with Crippen molar-refractivity contribution in [1.29, 1.82) is 0 Å². The second-order valence-electron chi connectivity index (χ2n) is 6.05. The van der Waals surface area contributed by atoms with E-state index in [0.29, 0.717) is 40.8 Å². The van der Waals surface area contributed by atoms with Crippen LogP contribution in [0.5, 0.6) is 17.2 Å². The van der Waals surface area contributed by atoms with E-state index in [1.165, 1.54) is 0 Å². The molecule has 1 unspecified atom stereocenters. The molecule has 6 heteroatoms. The number of nitrogens with one attached hydrogen (secondary N) is 1. The second kappa shape index (κ2) is 8.03. The van der Waals surface area contributed by atoms with Crippen LogP contribution in [0, 0.1) is 0 Å². The highest BCUT2D eigenvalue weighted by Crippen LogP contribution is 2.31. The van der Waals surface area contributed by atoms with Gasteiger partial charge in [0.25, 0.3) is 5.91 Å². The van der Waals surface area contributed by atoms with Gasteiger partial charge >= 0.3 is 0 Å². The van der Waals surface area contributed by atoms with Crippen LogP contribution in [-0.2, 0) is 0 Å². The lowest BCUT2D eigenvalue weighted by Gasteiger charge is -2.13. The van der Waals surface area contributed by atoms with E-state index in [4.69, 9.17) is 18.6 Å². The molecule has 2 aromatic carbocycles. The number of methoxy groups -OCH3 is 2. The van der Waals surface area contributed by atoms with Gasteiger partial charge in [-0.2, -0.15) is 0 Å². The van der Waals surface area contributed by atoms with Crippen molar-refractivity contribution in [3.63, 3.8) is 0 Å². The zero-order chi connectivity index (χ0) is 19.4. The summed E-state index contributed by atoms with van der Waals surface area (Å²) in [7, 11) is 3.09. The van der Waals surface area contributed by atoms with Crippen LogP contribution in [0.25, 0.3) is 11.0 Å². The number of carbonyl (C=O) groups is 1. The maximum absolute atomic E-state index is 12.7. The lowest BCUT2D eigenvalue weighted by Crippen LogP contribution is -2.26. The Morgan fingerprint density at radius 2 is 1.81 bits per heavy atom. The molecule has 0 fully saturated rings. The highest BCUT2D eigenvalue weighted by Gasteiger charge is 2.18. The first-order valence-corrected chi connectivity index (χ1v) is 8.75. The summed E-state index contributed by atoms with van der Waals surface area (Å²) in [6.07, 6.45) is 0. The summed E-state index contributed by atoms with van der Waals surface area (Å²) in [6.45, 7) is 4.35. The Labute approximate surface area is 158 Å². The van der Waals surface area contributed by atoms with E-state index in [0.717, 1.165) is 5.39 Å². The smallest absolute Gasteiger partial charge is 0.252 e. The summed E-state index contributed by atoms with van der Waals surface area (Å²) < 4.78 is 22.0. The number of para-hydroxylation sites is 1. The predicted molar refractivity (Wildman–Crippen MR) is 103 cm³/mol. The second-order valence-corrected chi connectivity index (χ2v) is 6.05.